The topological polar surface area (TPSA) is 32.8 Å². The van der Waals surface area contributed by atoms with Crippen LogP contribution in [-0.4, -0.2) is 46.7 Å². The molecule has 2 aliphatic rings. The number of amides is 1. The molecule has 1 amide bonds. The Morgan fingerprint density at radius 3 is 2.27 bits per heavy atom. The van der Waals surface area contributed by atoms with Gasteiger partial charge in [-0.15, -0.1) is 0 Å². The Kier molecular flexibility index (Phi) is 3.96. The first kappa shape index (κ1) is 15.1. The van der Waals surface area contributed by atoms with Gasteiger partial charge in [-0.05, 0) is 26.3 Å². The van der Waals surface area contributed by atoms with Crippen LogP contribution in [0.2, 0.25) is 0 Å². The van der Waals surface area contributed by atoms with Gasteiger partial charge in [0.05, 0.1) is 12.1 Å². The maximum atomic E-state index is 12.4. The fraction of sp³-hybridized carbons (Fsp3) is 0.500. The Bertz CT molecular complexity index is 546. The first-order valence-electron chi connectivity index (χ1n) is 7.88. The van der Waals surface area contributed by atoms with E-state index in [0.717, 1.165) is 19.6 Å². The molecule has 1 saturated heterocycles. The first-order chi connectivity index (χ1) is 10.4. The van der Waals surface area contributed by atoms with E-state index in [-0.39, 0.29) is 18.2 Å². The van der Waals surface area contributed by atoms with Crippen LogP contribution in [0.3, 0.4) is 0 Å². The fourth-order valence-corrected chi connectivity index (χ4v) is 3.15. The monoisotopic (exact) mass is 300 g/mol. The summed E-state index contributed by atoms with van der Waals surface area (Å²) >= 11 is 0. The molecule has 1 aromatic rings. The van der Waals surface area contributed by atoms with Crippen molar-refractivity contribution in [2.75, 3.05) is 13.1 Å². The van der Waals surface area contributed by atoms with Gasteiger partial charge >= 0.3 is 6.09 Å². The van der Waals surface area contributed by atoms with Gasteiger partial charge in [0, 0.05) is 19.6 Å². The van der Waals surface area contributed by atoms with E-state index in [2.05, 4.69) is 41.3 Å². The molecule has 4 nitrogen and oxygen atoms in total. The van der Waals surface area contributed by atoms with Gasteiger partial charge in [0.2, 0.25) is 0 Å². The van der Waals surface area contributed by atoms with Gasteiger partial charge in [0.25, 0.3) is 0 Å². The highest BCUT2D eigenvalue weighted by molar-refractivity contribution is 5.71. The lowest BCUT2D eigenvalue weighted by Gasteiger charge is -2.41. The third kappa shape index (κ3) is 3.33. The maximum absolute atomic E-state index is 12.4. The molecule has 0 aliphatic carbocycles. The standard InChI is InChI=1S/C18H24N2O2/c1-18(2,3)22-17(21)20-15-9-10-16(20)13-19(12-15)11-14-7-5-4-6-8-14/h4-10,15-16H,11-13H2,1-3H3/t15-,16+. The van der Waals surface area contributed by atoms with Crippen LogP contribution in [-0.2, 0) is 11.3 Å². The minimum atomic E-state index is -0.447. The summed E-state index contributed by atoms with van der Waals surface area (Å²) in [4.78, 5) is 16.7. The summed E-state index contributed by atoms with van der Waals surface area (Å²) in [5.74, 6) is 0. The normalized spacial score (nSPS) is 24.6. The molecule has 1 fully saturated rings. The van der Waals surface area contributed by atoms with E-state index in [4.69, 9.17) is 4.74 Å². The molecular formula is C18H24N2O2. The van der Waals surface area contributed by atoms with Crippen LogP contribution in [0.4, 0.5) is 4.79 Å². The molecule has 22 heavy (non-hydrogen) atoms. The van der Waals surface area contributed by atoms with Gasteiger partial charge < -0.3 is 4.74 Å². The number of carbonyl (C=O) groups is 1. The van der Waals surface area contributed by atoms with Crippen LogP contribution in [0.25, 0.3) is 0 Å². The number of fused-ring (bicyclic) bond motifs is 2. The van der Waals surface area contributed by atoms with E-state index in [1.165, 1.54) is 5.56 Å². The van der Waals surface area contributed by atoms with Gasteiger partial charge in [-0.25, -0.2) is 4.79 Å². The van der Waals surface area contributed by atoms with Crippen molar-refractivity contribution < 1.29 is 9.53 Å². The van der Waals surface area contributed by atoms with E-state index >= 15 is 0 Å². The molecule has 0 N–H and O–H groups in total. The fourth-order valence-electron chi connectivity index (χ4n) is 3.15. The highest BCUT2D eigenvalue weighted by atomic mass is 16.6. The third-order valence-electron chi connectivity index (χ3n) is 4.01. The number of hydrogen-bond donors (Lipinski definition) is 0. The van der Waals surface area contributed by atoms with Crippen molar-refractivity contribution in [2.24, 2.45) is 0 Å². The summed E-state index contributed by atoms with van der Waals surface area (Å²) in [6.45, 7) is 8.38. The molecule has 0 radical (unpaired) electrons. The molecule has 2 aliphatic heterocycles. The van der Waals surface area contributed by atoms with Crippen molar-refractivity contribution >= 4 is 6.09 Å². The van der Waals surface area contributed by atoms with Crippen LogP contribution in [0.1, 0.15) is 26.3 Å². The minimum Gasteiger partial charge on any atom is -0.444 e. The predicted molar refractivity (Wildman–Crippen MR) is 86.5 cm³/mol. The lowest BCUT2D eigenvalue weighted by atomic mass is 10.1. The van der Waals surface area contributed by atoms with Gasteiger partial charge in [0.15, 0.2) is 0 Å². The summed E-state index contributed by atoms with van der Waals surface area (Å²) in [7, 11) is 0. The molecule has 1 aromatic carbocycles. The van der Waals surface area contributed by atoms with Crippen molar-refractivity contribution in [1.29, 1.82) is 0 Å². The average molecular weight is 300 g/mol. The Balaban J connectivity index is 1.63. The molecule has 0 spiro atoms. The highest BCUT2D eigenvalue weighted by Crippen LogP contribution is 2.27. The zero-order valence-electron chi connectivity index (χ0n) is 13.5. The number of piperazine rings is 1. The summed E-state index contributed by atoms with van der Waals surface area (Å²) in [6.07, 6.45) is 4.07. The largest absolute Gasteiger partial charge is 0.444 e. The average Bonchev–Trinajstić information content (AvgIpc) is 2.70. The molecule has 118 valence electrons. The second-order valence-electron chi connectivity index (χ2n) is 7.09. The molecular weight excluding hydrogens is 276 g/mol. The smallest absolute Gasteiger partial charge is 0.411 e. The number of ether oxygens (including phenoxy) is 1. The maximum Gasteiger partial charge on any atom is 0.411 e. The third-order valence-corrected chi connectivity index (χ3v) is 4.01. The predicted octanol–water partition coefficient (Wildman–Crippen LogP) is 3.05. The molecule has 2 heterocycles. The Morgan fingerprint density at radius 2 is 1.73 bits per heavy atom. The molecule has 2 atom stereocenters. The summed E-state index contributed by atoms with van der Waals surface area (Å²) in [5.41, 5.74) is 0.866. The van der Waals surface area contributed by atoms with Crippen LogP contribution >= 0.6 is 0 Å². The van der Waals surface area contributed by atoms with Gasteiger partial charge in [-0.3, -0.25) is 9.80 Å². The van der Waals surface area contributed by atoms with Gasteiger partial charge in [-0.2, -0.15) is 0 Å². The molecule has 0 aromatic heterocycles. The molecule has 3 rings (SSSR count). The number of hydrogen-bond acceptors (Lipinski definition) is 3. The highest BCUT2D eigenvalue weighted by Gasteiger charge is 2.40. The van der Waals surface area contributed by atoms with Crippen molar-refractivity contribution in [2.45, 2.75) is 45.0 Å². The van der Waals surface area contributed by atoms with E-state index < -0.39 is 5.60 Å². The van der Waals surface area contributed by atoms with E-state index in [0.29, 0.717) is 0 Å². The Morgan fingerprint density at radius 1 is 1.14 bits per heavy atom. The van der Waals surface area contributed by atoms with E-state index in [9.17, 15) is 4.79 Å². The summed E-state index contributed by atoms with van der Waals surface area (Å²) < 4.78 is 5.54. The second kappa shape index (κ2) is 5.76. The van der Waals surface area contributed by atoms with Crippen LogP contribution in [0, 0.1) is 0 Å². The van der Waals surface area contributed by atoms with E-state index in [1.807, 2.05) is 31.7 Å². The zero-order valence-corrected chi connectivity index (χ0v) is 13.5. The van der Waals surface area contributed by atoms with Crippen LogP contribution in [0.15, 0.2) is 42.5 Å². The number of benzene rings is 1. The lowest BCUT2D eigenvalue weighted by Crippen LogP contribution is -2.56. The van der Waals surface area contributed by atoms with Crippen LogP contribution < -0.4 is 0 Å². The van der Waals surface area contributed by atoms with Crippen molar-refractivity contribution in [3.8, 4) is 0 Å². The van der Waals surface area contributed by atoms with Crippen molar-refractivity contribution in [3.05, 3.63) is 48.0 Å². The Hall–Kier alpha value is -1.81. The molecule has 2 bridgehead atoms. The molecule has 0 saturated carbocycles. The quantitative estimate of drug-likeness (QED) is 0.787. The summed E-state index contributed by atoms with van der Waals surface area (Å²) in [6, 6.07) is 10.7. The number of nitrogens with zero attached hydrogens (tertiary/aromatic N) is 2. The van der Waals surface area contributed by atoms with Crippen LogP contribution in [0.5, 0.6) is 0 Å². The van der Waals surface area contributed by atoms with Gasteiger partial charge in [-0.1, -0.05) is 42.5 Å². The van der Waals surface area contributed by atoms with Crippen molar-refractivity contribution in [1.82, 2.24) is 9.80 Å². The van der Waals surface area contributed by atoms with Crippen molar-refractivity contribution in [3.63, 3.8) is 0 Å². The second-order valence-corrected chi connectivity index (χ2v) is 7.09. The summed E-state index contributed by atoms with van der Waals surface area (Å²) in [5, 5.41) is 0. The number of carbonyl (C=O) groups excluding carboxylic acids is 1. The minimum absolute atomic E-state index is 0.123. The van der Waals surface area contributed by atoms with Gasteiger partial charge in [0.1, 0.15) is 5.60 Å². The number of rotatable bonds is 2. The molecule has 4 heteroatoms. The first-order valence-corrected chi connectivity index (χ1v) is 7.88. The lowest BCUT2D eigenvalue weighted by molar-refractivity contribution is -0.00151. The molecule has 0 unspecified atom stereocenters. The Labute approximate surface area is 132 Å². The zero-order chi connectivity index (χ0) is 15.7. The SMILES string of the molecule is CC(C)(C)OC(=O)N1[C@@H]2C=C[C@H]1CN(Cc1ccccc1)C2. The van der Waals surface area contributed by atoms with E-state index in [1.54, 1.807) is 0 Å².